The maximum atomic E-state index is 13.9. The summed E-state index contributed by atoms with van der Waals surface area (Å²) in [7, 11) is 1.66. The van der Waals surface area contributed by atoms with Crippen molar-refractivity contribution >= 4 is 0 Å². The summed E-state index contributed by atoms with van der Waals surface area (Å²) in [6.07, 6.45) is 7.96. The molecule has 2 heteroatoms. The second kappa shape index (κ2) is 5.20. The molecule has 0 aliphatic heterocycles. The van der Waals surface area contributed by atoms with Crippen LogP contribution >= 0.6 is 0 Å². The topological polar surface area (TPSA) is 9.23 Å². The van der Waals surface area contributed by atoms with Crippen molar-refractivity contribution in [2.24, 2.45) is 0 Å². The minimum atomic E-state index is -0.188. The van der Waals surface area contributed by atoms with Gasteiger partial charge in [0.2, 0.25) is 0 Å². The van der Waals surface area contributed by atoms with Crippen molar-refractivity contribution in [2.75, 3.05) is 7.11 Å². The van der Waals surface area contributed by atoms with Gasteiger partial charge in [-0.3, -0.25) is 0 Å². The summed E-state index contributed by atoms with van der Waals surface area (Å²) in [4.78, 5) is 0. The Bertz CT molecular complexity index is 533. The molecule has 1 aromatic carbocycles. The SMILES string of the molecule is COc1c(CC2=CC=CC2)cc(F)cc1C(C)(C)C. The van der Waals surface area contributed by atoms with Crippen LogP contribution in [0.3, 0.4) is 0 Å². The molecular formula is C17H21FO. The molecule has 0 atom stereocenters. The van der Waals surface area contributed by atoms with Crippen LogP contribution in [0.4, 0.5) is 4.39 Å². The van der Waals surface area contributed by atoms with Gasteiger partial charge in [-0.2, -0.15) is 0 Å². The van der Waals surface area contributed by atoms with E-state index in [0.717, 1.165) is 29.7 Å². The molecule has 0 N–H and O–H groups in total. The van der Waals surface area contributed by atoms with Crippen molar-refractivity contribution in [3.63, 3.8) is 0 Å². The molecule has 0 spiro atoms. The average molecular weight is 260 g/mol. The minimum absolute atomic E-state index is 0.134. The van der Waals surface area contributed by atoms with Crippen LogP contribution in [0.1, 0.15) is 38.3 Å². The maximum absolute atomic E-state index is 13.9. The van der Waals surface area contributed by atoms with Crippen molar-refractivity contribution in [3.8, 4) is 5.75 Å². The standard InChI is InChI=1S/C17H21FO/c1-17(2,3)15-11-14(18)10-13(16(15)19-4)9-12-7-5-6-8-12/h5-7,10-11H,8-9H2,1-4H3. The van der Waals surface area contributed by atoms with Crippen LogP contribution in [0.2, 0.25) is 0 Å². The molecule has 19 heavy (non-hydrogen) atoms. The minimum Gasteiger partial charge on any atom is -0.496 e. The molecule has 1 aliphatic rings. The van der Waals surface area contributed by atoms with E-state index >= 15 is 0 Å². The van der Waals surface area contributed by atoms with E-state index in [1.54, 1.807) is 19.2 Å². The Morgan fingerprint density at radius 3 is 2.53 bits per heavy atom. The van der Waals surface area contributed by atoms with Gasteiger partial charge in [0, 0.05) is 11.1 Å². The van der Waals surface area contributed by atoms with Gasteiger partial charge in [-0.15, -0.1) is 0 Å². The highest BCUT2D eigenvalue weighted by molar-refractivity contribution is 5.48. The Balaban J connectivity index is 2.44. The van der Waals surface area contributed by atoms with Crippen LogP contribution in [0, 0.1) is 5.82 Å². The molecule has 0 radical (unpaired) electrons. The molecular weight excluding hydrogens is 239 g/mol. The lowest BCUT2D eigenvalue weighted by atomic mass is 9.84. The molecule has 0 heterocycles. The van der Waals surface area contributed by atoms with E-state index in [1.807, 2.05) is 6.08 Å². The van der Waals surface area contributed by atoms with E-state index < -0.39 is 0 Å². The quantitative estimate of drug-likeness (QED) is 0.774. The van der Waals surface area contributed by atoms with Crippen LogP contribution in [-0.2, 0) is 11.8 Å². The van der Waals surface area contributed by atoms with Gasteiger partial charge < -0.3 is 4.74 Å². The molecule has 0 aromatic heterocycles. The van der Waals surface area contributed by atoms with Crippen LogP contribution in [0.5, 0.6) is 5.75 Å². The second-order valence-corrected chi connectivity index (χ2v) is 6.03. The van der Waals surface area contributed by atoms with E-state index in [4.69, 9.17) is 4.74 Å². The lowest BCUT2D eigenvalue weighted by Gasteiger charge is -2.24. The summed E-state index contributed by atoms with van der Waals surface area (Å²) >= 11 is 0. The average Bonchev–Trinajstić information content (AvgIpc) is 2.80. The highest BCUT2D eigenvalue weighted by atomic mass is 19.1. The van der Waals surface area contributed by atoms with Gasteiger partial charge >= 0.3 is 0 Å². The largest absolute Gasteiger partial charge is 0.496 e. The summed E-state index contributed by atoms with van der Waals surface area (Å²) in [5, 5.41) is 0. The van der Waals surface area contributed by atoms with Gasteiger partial charge in [0.1, 0.15) is 11.6 Å². The Morgan fingerprint density at radius 1 is 1.26 bits per heavy atom. The molecule has 102 valence electrons. The normalized spacial score (nSPS) is 14.7. The molecule has 0 saturated carbocycles. The number of rotatable bonds is 3. The third kappa shape index (κ3) is 3.06. The van der Waals surface area contributed by atoms with E-state index in [2.05, 4.69) is 32.9 Å². The zero-order chi connectivity index (χ0) is 14.0. The van der Waals surface area contributed by atoms with E-state index in [1.165, 1.54) is 5.57 Å². The molecule has 0 bridgehead atoms. The fourth-order valence-electron chi connectivity index (χ4n) is 2.45. The van der Waals surface area contributed by atoms with Crippen LogP contribution in [0.25, 0.3) is 0 Å². The molecule has 1 aromatic rings. The van der Waals surface area contributed by atoms with Crippen LogP contribution in [-0.4, -0.2) is 7.11 Å². The van der Waals surface area contributed by atoms with Gasteiger partial charge in [-0.25, -0.2) is 4.39 Å². The number of hydrogen-bond acceptors (Lipinski definition) is 1. The number of methoxy groups -OCH3 is 1. The molecule has 0 fully saturated rings. The number of halogens is 1. The van der Waals surface area contributed by atoms with Gasteiger partial charge in [0.25, 0.3) is 0 Å². The lowest BCUT2D eigenvalue weighted by molar-refractivity contribution is 0.391. The smallest absolute Gasteiger partial charge is 0.126 e. The molecule has 0 amide bonds. The Labute approximate surface area is 114 Å². The number of hydrogen-bond donors (Lipinski definition) is 0. The summed E-state index contributed by atoms with van der Waals surface area (Å²) in [6.45, 7) is 6.22. The van der Waals surface area contributed by atoms with E-state index in [0.29, 0.717) is 0 Å². The zero-order valence-electron chi connectivity index (χ0n) is 12.1. The Morgan fingerprint density at radius 2 is 2.00 bits per heavy atom. The van der Waals surface area contributed by atoms with E-state index in [-0.39, 0.29) is 11.2 Å². The predicted octanol–water partition coefficient (Wildman–Crippen LogP) is 4.56. The predicted molar refractivity (Wildman–Crippen MR) is 77.2 cm³/mol. The fourth-order valence-corrected chi connectivity index (χ4v) is 2.45. The summed E-state index contributed by atoms with van der Waals surface area (Å²) in [5.74, 6) is 0.633. The zero-order valence-corrected chi connectivity index (χ0v) is 12.1. The van der Waals surface area contributed by atoms with Crippen molar-refractivity contribution in [1.29, 1.82) is 0 Å². The highest BCUT2D eigenvalue weighted by Gasteiger charge is 2.23. The summed E-state index contributed by atoms with van der Waals surface area (Å²) < 4.78 is 19.4. The van der Waals surface area contributed by atoms with Gasteiger partial charge in [0.05, 0.1) is 7.11 Å². The monoisotopic (exact) mass is 260 g/mol. The molecule has 1 nitrogen and oxygen atoms in total. The van der Waals surface area contributed by atoms with Crippen molar-refractivity contribution < 1.29 is 9.13 Å². The summed E-state index contributed by atoms with van der Waals surface area (Å²) in [6, 6.07) is 3.18. The van der Waals surface area contributed by atoms with Crippen molar-refractivity contribution in [1.82, 2.24) is 0 Å². The Hall–Kier alpha value is -1.57. The lowest BCUT2D eigenvalue weighted by Crippen LogP contribution is -2.14. The number of allylic oxidation sites excluding steroid dienone is 4. The van der Waals surface area contributed by atoms with Crippen molar-refractivity contribution in [3.05, 3.63) is 52.9 Å². The summed E-state index contributed by atoms with van der Waals surface area (Å²) in [5.41, 5.74) is 3.02. The van der Waals surface area contributed by atoms with E-state index in [9.17, 15) is 4.39 Å². The molecule has 0 saturated heterocycles. The van der Waals surface area contributed by atoms with Crippen LogP contribution < -0.4 is 4.74 Å². The first-order valence-corrected chi connectivity index (χ1v) is 6.63. The van der Waals surface area contributed by atoms with Gasteiger partial charge in [-0.05, 0) is 30.4 Å². The first-order chi connectivity index (χ1) is 8.91. The third-order valence-corrected chi connectivity index (χ3v) is 3.41. The van der Waals surface area contributed by atoms with Crippen molar-refractivity contribution in [2.45, 2.75) is 39.0 Å². The van der Waals surface area contributed by atoms with Crippen LogP contribution in [0.15, 0.2) is 35.9 Å². The maximum Gasteiger partial charge on any atom is 0.126 e. The fraction of sp³-hybridized carbons (Fsp3) is 0.412. The first kappa shape index (κ1) is 13.9. The first-order valence-electron chi connectivity index (χ1n) is 6.63. The van der Waals surface area contributed by atoms with Gasteiger partial charge in [-0.1, -0.05) is 44.6 Å². The number of ether oxygens (including phenoxy) is 1. The molecule has 1 aliphatic carbocycles. The second-order valence-electron chi connectivity index (χ2n) is 6.03. The Kier molecular flexibility index (Phi) is 3.79. The highest BCUT2D eigenvalue weighted by Crippen LogP contribution is 2.36. The number of benzene rings is 1. The molecule has 2 rings (SSSR count). The van der Waals surface area contributed by atoms with Gasteiger partial charge in [0.15, 0.2) is 0 Å². The molecule has 0 unspecified atom stereocenters. The third-order valence-electron chi connectivity index (χ3n) is 3.41.